The number of aromatic nitrogens is 1. The summed E-state index contributed by atoms with van der Waals surface area (Å²) in [6.45, 7) is 5.82. The molecule has 0 aliphatic carbocycles. The fraction of sp³-hybridized carbons (Fsp3) is 0.429. The number of anilines is 1. The van der Waals surface area contributed by atoms with E-state index in [1.54, 1.807) is 30.6 Å². The largest absolute Gasteiger partial charge is 0.349 e. The summed E-state index contributed by atoms with van der Waals surface area (Å²) in [4.78, 5) is 17.0. The summed E-state index contributed by atoms with van der Waals surface area (Å²) < 4.78 is 27.1. The van der Waals surface area contributed by atoms with Crippen molar-refractivity contribution in [3.05, 3.63) is 59.4 Å². The Morgan fingerprint density at radius 3 is 2.64 bits per heavy atom. The van der Waals surface area contributed by atoms with E-state index >= 15 is 0 Å². The molecule has 0 radical (unpaired) electrons. The summed E-state index contributed by atoms with van der Waals surface area (Å²) in [6.07, 6.45) is 6.28. The minimum absolute atomic E-state index is 0.0387. The molecule has 6 nitrogen and oxygen atoms in total. The highest BCUT2D eigenvalue weighted by Gasteiger charge is 2.19. The van der Waals surface area contributed by atoms with Crippen molar-refractivity contribution in [3.8, 4) is 0 Å². The van der Waals surface area contributed by atoms with Gasteiger partial charge in [-0.25, -0.2) is 8.42 Å². The molecule has 1 amide bonds. The summed E-state index contributed by atoms with van der Waals surface area (Å²) in [5, 5.41) is 3.03. The van der Waals surface area contributed by atoms with Crippen LogP contribution in [-0.4, -0.2) is 31.1 Å². The Kier molecular flexibility index (Phi) is 7.99. The average Bonchev–Trinajstić information content (AvgIpc) is 2.67. The van der Waals surface area contributed by atoms with E-state index in [9.17, 15) is 13.2 Å². The zero-order chi connectivity index (χ0) is 20.6. The number of aryl methyl sites for hydroxylation is 1. The third-order valence-electron chi connectivity index (χ3n) is 4.48. The molecule has 1 atom stereocenters. The van der Waals surface area contributed by atoms with Crippen molar-refractivity contribution in [1.29, 1.82) is 0 Å². The van der Waals surface area contributed by atoms with Crippen LogP contribution in [0.1, 0.15) is 54.6 Å². The van der Waals surface area contributed by atoms with Gasteiger partial charge in [-0.1, -0.05) is 38.0 Å². The number of amides is 1. The second-order valence-corrected chi connectivity index (χ2v) is 8.81. The van der Waals surface area contributed by atoms with E-state index in [0.717, 1.165) is 24.0 Å². The Hall–Kier alpha value is -2.41. The Balaban J connectivity index is 2.18. The van der Waals surface area contributed by atoms with Gasteiger partial charge < -0.3 is 5.32 Å². The number of nitrogens with one attached hydrogen (secondary N) is 2. The van der Waals surface area contributed by atoms with E-state index in [-0.39, 0.29) is 17.7 Å². The molecular formula is C21H29N3O3S. The number of nitrogens with zero attached hydrogens (tertiary/aromatic N) is 1. The van der Waals surface area contributed by atoms with Crippen LogP contribution in [0.3, 0.4) is 0 Å². The highest BCUT2D eigenvalue weighted by atomic mass is 32.2. The molecule has 0 saturated carbocycles. The molecule has 0 fully saturated rings. The van der Waals surface area contributed by atoms with Gasteiger partial charge in [0.1, 0.15) is 0 Å². The number of sulfonamides is 1. The molecule has 0 aliphatic heterocycles. The molecule has 2 rings (SSSR count). The van der Waals surface area contributed by atoms with Crippen LogP contribution in [0.2, 0.25) is 0 Å². The number of carbonyl (C=O) groups is 1. The fourth-order valence-corrected chi connectivity index (χ4v) is 4.14. The summed E-state index contributed by atoms with van der Waals surface area (Å²) in [6, 6.07) is 8.93. The van der Waals surface area contributed by atoms with Gasteiger partial charge >= 0.3 is 0 Å². The predicted octanol–water partition coefficient (Wildman–Crippen LogP) is 3.68. The van der Waals surface area contributed by atoms with Gasteiger partial charge in [0.05, 0.1) is 17.0 Å². The lowest BCUT2D eigenvalue weighted by molar-refractivity contribution is 0.0936. The van der Waals surface area contributed by atoms with Gasteiger partial charge in [0.15, 0.2) is 0 Å². The van der Waals surface area contributed by atoms with Gasteiger partial charge in [-0.15, -0.1) is 0 Å². The smallest absolute Gasteiger partial charge is 0.253 e. The first-order chi connectivity index (χ1) is 13.3. The molecule has 1 aromatic carbocycles. The lowest BCUT2D eigenvalue weighted by atomic mass is 10.0. The highest BCUT2D eigenvalue weighted by molar-refractivity contribution is 7.92. The normalized spacial score (nSPS) is 12.4. The first kappa shape index (κ1) is 21.9. The van der Waals surface area contributed by atoms with E-state index in [4.69, 9.17) is 0 Å². The summed E-state index contributed by atoms with van der Waals surface area (Å²) in [7, 11) is -3.49. The van der Waals surface area contributed by atoms with Crippen molar-refractivity contribution < 1.29 is 13.2 Å². The van der Waals surface area contributed by atoms with Crippen molar-refractivity contribution >= 4 is 21.6 Å². The van der Waals surface area contributed by atoms with Crippen LogP contribution in [0.4, 0.5) is 5.69 Å². The fourth-order valence-electron chi connectivity index (χ4n) is 2.85. The molecule has 28 heavy (non-hydrogen) atoms. The van der Waals surface area contributed by atoms with E-state index in [2.05, 4.69) is 15.0 Å². The van der Waals surface area contributed by atoms with Crippen LogP contribution in [0.5, 0.6) is 0 Å². The monoisotopic (exact) mass is 403 g/mol. The van der Waals surface area contributed by atoms with E-state index in [1.165, 1.54) is 0 Å². The quantitative estimate of drug-likeness (QED) is 0.633. The van der Waals surface area contributed by atoms with E-state index < -0.39 is 10.0 Å². The highest BCUT2D eigenvalue weighted by Crippen LogP contribution is 2.20. The number of unbranched alkanes of at least 4 members (excludes halogenated alkanes) is 1. The Morgan fingerprint density at radius 2 is 2.00 bits per heavy atom. The van der Waals surface area contributed by atoms with Crippen LogP contribution in [0.15, 0.2) is 42.7 Å². The number of rotatable bonds is 10. The number of carbonyl (C=O) groups excluding carboxylic acids is 1. The summed E-state index contributed by atoms with van der Waals surface area (Å²) in [5.41, 5.74) is 2.58. The molecule has 1 aromatic heterocycles. The molecular weight excluding hydrogens is 374 g/mol. The van der Waals surface area contributed by atoms with Crippen molar-refractivity contribution in [3.63, 3.8) is 0 Å². The van der Waals surface area contributed by atoms with Gasteiger partial charge in [-0.2, -0.15) is 0 Å². The molecule has 1 unspecified atom stereocenters. The third-order valence-corrected chi connectivity index (χ3v) is 5.84. The molecule has 0 aliphatic rings. The Labute approximate surface area is 167 Å². The van der Waals surface area contributed by atoms with Crippen molar-refractivity contribution in [2.75, 3.05) is 10.5 Å². The number of benzene rings is 1. The van der Waals surface area contributed by atoms with Gasteiger partial charge in [0.2, 0.25) is 10.0 Å². The maximum absolute atomic E-state index is 12.9. The zero-order valence-electron chi connectivity index (χ0n) is 16.7. The van der Waals surface area contributed by atoms with Gasteiger partial charge in [-0.3, -0.25) is 14.5 Å². The third kappa shape index (κ3) is 6.64. The first-order valence-corrected chi connectivity index (χ1v) is 11.3. The Bertz CT molecular complexity index is 883. The lowest BCUT2D eigenvalue weighted by Crippen LogP contribution is -2.36. The minimum atomic E-state index is -3.49. The van der Waals surface area contributed by atoms with E-state index in [0.29, 0.717) is 24.1 Å². The number of hydrogen-bond donors (Lipinski definition) is 2. The van der Waals surface area contributed by atoms with Gasteiger partial charge in [0, 0.05) is 18.4 Å². The molecule has 1 heterocycles. The van der Waals surface area contributed by atoms with Crippen molar-refractivity contribution in [2.45, 2.75) is 52.5 Å². The second kappa shape index (κ2) is 10.2. The van der Waals surface area contributed by atoms with Crippen LogP contribution >= 0.6 is 0 Å². The topological polar surface area (TPSA) is 88.2 Å². The second-order valence-electron chi connectivity index (χ2n) is 6.97. The summed E-state index contributed by atoms with van der Waals surface area (Å²) >= 11 is 0. The maximum Gasteiger partial charge on any atom is 0.253 e. The predicted molar refractivity (Wildman–Crippen MR) is 113 cm³/mol. The Morgan fingerprint density at radius 1 is 1.21 bits per heavy atom. The lowest BCUT2D eigenvalue weighted by Gasteiger charge is -2.19. The molecule has 2 aromatic rings. The van der Waals surface area contributed by atoms with E-state index in [1.807, 2.05) is 32.9 Å². The van der Waals surface area contributed by atoms with Gasteiger partial charge in [-0.05, 0) is 49.9 Å². The summed E-state index contributed by atoms with van der Waals surface area (Å²) in [5.74, 6) is -0.246. The SMILES string of the molecule is CCCCS(=O)(=O)Nc1ccc(C)cc1C(=O)NC(CC)Cc1cccnc1. The molecule has 0 spiro atoms. The van der Waals surface area contributed by atoms with Gasteiger partial charge in [0.25, 0.3) is 5.91 Å². The molecule has 152 valence electrons. The minimum Gasteiger partial charge on any atom is -0.349 e. The standard InChI is InChI=1S/C21H29N3O3S/c1-4-6-12-28(26,27)24-20-10-9-16(3)13-19(20)21(25)23-18(5-2)14-17-8-7-11-22-15-17/h7-11,13,15,18,24H,4-6,12,14H2,1-3H3,(H,23,25). The zero-order valence-corrected chi connectivity index (χ0v) is 17.6. The molecule has 0 saturated heterocycles. The van der Waals surface area contributed by atoms with Crippen LogP contribution < -0.4 is 10.0 Å². The van der Waals surface area contributed by atoms with Crippen molar-refractivity contribution in [1.82, 2.24) is 10.3 Å². The van der Waals surface area contributed by atoms with Crippen LogP contribution in [0, 0.1) is 6.92 Å². The van der Waals surface area contributed by atoms with Crippen LogP contribution in [0.25, 0.3) is 0 Å². The number of pyridine rings is 1. The van der Waals surface area contributed by atoms with Crippen LogP contribution in [-0.2, 0) is 16.4 Å². The first-order valence-electron chi connectivity index (χ1n) is 9.65. The molecule has 7 heteroatoms. The molecule has 0 bridgehead atoms. The molecule has 2 N–H and O–H groups in total. The maximum atomic E-state index is 12.9. The van der Waals surface area contributed by atoms with Crippen molar-refractivity contribution in [2.24, 2.45) is 0 Å². The average molecular weight is 404 g/mol. The number of hydrogen-bond acceptors (Lipinski definition) is 4.